The first kappa shape index (κ1) is 30.6. The number of halogens is 9. The number of anilines is 1. The number of hydrogen-bond donors (Lipinski definition) is 2. The summed E-state index contributed by atoms with van der Waals surface area (Å²) in [6.07, 6.45) is -14.9. The van der Waals surface area contributed by atoms with Gasteiger partial charge in [-0.1, -0.05) is 0 Å². The van der Waals surface area contributed by atoms with Crippen LogP contribution in [0.4, 0.5) is 45.3 Å². The van der Waals surface area contributed by atoms with Gasteiger partial charge in [0.25, 0.3) is 5.91 Å². The van der Waals surface area contributed by atoms with Gasteiger partial charge in [-0.2, -0.15) is 44.6 Å². The first-order valence-corrected chi connectivity index (χ1v) is 11.8. The summed E-state index contributed by atoms with van der Waals surface area (Å²) in [5.74, 6) is -3.96. The van der Waals surface area contributed by atoms with E-state index in [4.69, 9.17) is 10.5 Å². The van der Waals surface area contributed by atoms with Crippen molar-refractivity contribution < 1.29 is 53.8 Å². The summed E-state index contributed by atoms with van der Waals surface area (Å²) in [6, 6.07) is 0.743. The van der Waals surface area contributed by atoms with E-state index >= 15 is 0 Å². The number of aromatic nitrogens is 4. The lowest BCUT2D eigenvalue weighted by Gasteiger charge is -2.35. The number of amides is 2. The molecule has 0 bridgehead atoms. The minimum Gasteiger partial charge on any atom is -0.480 e. The molecule has 1 aliphatic rings. The highest BCUT2D eigenvalue weighted by atomic mass is 19.4. The Kier molecular flexibility index (Phi) is 7.44. The van der Waals surface area contributed by atoms with Gasteiger partial charge in [-0.15, -0.1) is 0 Å². The van der Waals surface area contributed by atoms with Gasteiger partial charge in [0.1, 0.15) is 17.4 Å². The molecule has 3 N–H and O–H groups in total. The van der Waals surface area contributed by atoms with E-state index in [-0.39, 0.29) is 36.0 Å². The number of carbonyl (C=O) groups excluding carboxylic acids is 2. The minimum absolute atomic E-state index is 0.0566. The molecular formula is C23H20F9N7O3. The van der Waals surface area contributed by atoms with Crippen molar-refractivity contribution in [2.75, 3.05) is 25.9 Å². The van der Waals surface area contributed by atoms with Crippen LogP contribution in [0.25, 0.3) is 16.8 Å². The van der Waals surface area contributed by atoms with Crippen LogP contribution < -0.4 is 15.8 Å². The molecule has 0 unspecified atom stereocenters. The summed E-state index contributed by atoms with van der Waals surface area (Å²) in [5.41, 5.74) is -1.32. The Bertz CT molecular complexity index is 1520. The number of nitrogens with one attached hydrogen (secondary N) is 1. The van der Waals surface area contributed by atoms with Crippen LogP contribution >= 0.6 is 0 Å². The lowest BCUT2D eigenvalue weighted by molar-refractivity contribution is -0.322. The molecule has 1 atom stereocenters. The number of nitrogens with two attached hydrogens (primary N) is 1. The fraction of sp³-hybridized carbons (Fsp3) is 0.435. The Morgan fingerprint density at radius 1 is 1.05 bits per heavy atom. The van der Waals surface area contributed by atoms with Crippen LogP contribution in [0.15, 0.2) is 24.7 Å². The predicted octanol–water partition coefficient (Wildman–Crippen LogP) is 3.86. The number of carbonyl (C=O) groups is 2. The Morgan fingerprint density at radius 3 is 2.26 bits per heavy atom. The van der Waals surface area contributed by atoms with E-state index in [0.717, 1.165) is 30.2 Å². The van der Waals surface area contributed by atoms with Gasteiger partial charge in [-0.05, 0) is 25.5 Å². The van der Waals surface area contributed by atoms with Crippen molar-refractivity contribution in [1.29, 1.82) is 0 Å². The smallest absolute Gasteiger partial charge is 0.418 e. The van der Waals surface area contributed by atoms with Crippen LogP contribution in [-0.2, 0) is 11.0 Å². The minimum atomic E-state index is -5.94. The molecule has 1 saturated heterocycles. The maximum Gasteiger partial charge on any atom is 0.418 e. The molecule has 1 aliphatic heterocycles. The van der Waals surface area contributed by atoms with Gasteiger partial charge >= 0.3 is 18.5 Å². The fourth-order valence-corrected chi connectivity index (χ4v) is 4.45. The number of pyridine rings is 1. The first-order valence-electron chi connectivity index (χ1n) is 11.8. The summed E-state index contributed by atoms with van der Waals surface area (Å²) in [7, 11) is 1.13. The van der Waals surface area contributed by atoms with Crippen LogP contribution in [0.5, 0.6) is 5.88 Å². The zero-order valence-corrected chi connectivity index (χ0v) is 21.4. The monoisotopic (exact) mass is 613 g/mol. The van der Waals surface area contributed by atoms with E-state index in [1.807, 2.05) is 0 Å². The molecule has 19 heteroatoms. The Labute approximate surface area is 229 Å². The quantitative estimate of drug-likeness (QED) is 0.419. The van der Waals surface area contributed by atoms with Crippen molar-refractivity contribution in [1.82, 2.24) is 29.8 Å². The lowest BCUT2D eigenvalue weighted by atomic mass is 9.87. The number of ether oxygens (including phenoxy) is 1. The van der Waals surface area contributed by atoms with Crippen molar-refractivity contribution in [2.45, 2.75) is 37.9 Å². The van der Waals surface area contributed by atoms with Gasteiger partial charge in [0.05, 0.1) is 18.4 Å². The van der Waals surface area contributed by atoms with Gasteiger partial charge in [0, 0.05) is 30.9 Å². The SMILES string of the molecule is COc1ncc(-c2cc(C(F)(F)F)c3c(N)ncnn23)cc1C(=O)N[C@H]1CCN(C(=O)C(C)(C(F)(F)F)C(F)(F)F)C1. The standard InChI is InChI=1S/C23H20F9N7O3/c1-20(22(27,28)29,23(30,31)32)19(41)38-4-3-11(8-38)37-17(40)12-5-10(7-34-18(12)42-2)14-6-13(21(24,25)26)15-16(33)35-9-36-39(14)15/h5-7,9,11H,3-4,8H2,1-2H3,(H,37,40)(H2,33,35,36)/t11-/m0/s1. The summed E-state index contributed by atoms with van der Waals surface area (Å²) in [6.45, 7) is -1.44. The Hall–Kier alpha value is -4.32. The summed E-state index contributed by atoms with van der Waals surface area (Å²) in [5, 5.41) is 6.19. The molecule has 0 aliphatic carbocycles. The summed E-state index contributed by atoms with van der Waals surface area (Å²) >= 11 is 0. The molecule has 3 aromatic heterocycles. The molecule has 1 fully saturated rings. The second kappa shape index (κ2) is 10.2. The summed E-state index contributed by atoms with van der Waals surface area (Å²) in [4.78, 5) is 33.4. The van der Waals surface area contributed by atoms with E-state index in [9.17, 15) is 49.1 Å². The number of hydrogen-bond acceptors (Lipinski definition) is 7. The highest BCUT2D eigenvalue weighted by Crippen LogP contribution is 2.51. The van der Waals surface area contributed by atoms with Gasteiger partial charge in [0.15, 0.2) is 5.82 Å². The Morgan fingerprint density at radius 2 is 1.69 bits per heavy atom. The van der Waals surface area contributed by atoms with E-state index < -0.39 is 71.8 Å². The van der Waals surface area contributed by atoms with E-state index in [2.05, 4.69) is 20.4 Å². The molecule has 0 aromatic carbocycles. The number of nitrogens with zero attached hydrogens (tertiary/aromatic N) is 5. The molecular weight excluding hydrogens is 593 g/mol. The molecule has 0 saturated carbocycles. The normalized spacial score (nSPS) is 16.6. The third-order valence-electron chi connectivity index (χ3n) is 6.85. The first-order chi connectivity index (χ1) is 19.3. The molecule has 2 amide bonds. The van der Waals surface area contributed by atoms with Crippen LogP contribution in [0.3, 0.4) is 0 Å². The van der Waals surface area contributed by atoms with Crippen LogP contribution in [0.1, 0.15) is 29.3 Å². The predicted molar refractivity (Wildman–Crippen MR) is 125 cm³/mol. The molecule has 0 spiro atoms. The third-order valence-corrected chi connectivity index (χ3v) is 6.85. The zero-order valence-electron chi connectivity index (χ0n) is 21.4. The highest BCUT2D eigenvalue weighted by molar-refractivity contribution is 5.98. The number of alkyl halides is 9. The van der Waals surface area contributed by atoms with Crippen LogP contribution in [0, 0.1) is 5.41 Å². The van der Waals surface area contributed by atoms with Gasteiger partial charge in [-0.25, -0.2) is 14.5 Å². The maximum absolute atomic E-state index is 13.7. The topological polar surface area (TPSA) is 128 Å². The average Bonchev–Trinajstić information content (AvgIpc) is 3.51. The van der Waals surface area contributed by atoms with Crippen LogP contribution in [0.2, 0.25) is 0 Å². The summed E-state index contributed by atoms with van der Waals surface area (Å²) < 4.78 is 127. The molecule has 0 radical (unpaired) electrons. The number of rotatable bonds is 5. The molecule has 4 heterocycles. The van der Waals surface area contributed by atoms with E-state index in [1.54, 1.807) is 0 Å². The molecule has 3 aromatic rings. The fourth-order valence-electron chi connectivity index (χ4n) is 4.45. The number of likely N-dealkylation sites (tertiary alicyclic amines) is 1. The zero-order chi connectivity index (χ0) is 31.4. The van der Waals surface area contributed by atoms with E-state index in [1.165, 1.54) is 0 Å². The molecule has 10 nitrogen and oxygen atoms in total. The lowest BCUT2D eigenvalue weighted by Crippen LogP contribution is -2.58. The number of nitrogen functional groups attached to an aromatic ring is 1. The number of fused-ring (bicyclic) bond motifs is 1. The third kappa shape index (κ3) is 5.11. The highest BCUT2D eigenvalue weighted by Gasteiger charge is 2.73. The molecule has 228 valence electrons. The van der Waals surface area contributed by atoms with E-state index in [0.29, 0.717) is 11.0 Å². The second-order valence-corrected chi connectivity index (χ2v) is 9.46. The van der Waals surface area contributed by atoms with Gasteiger partial charge < -0.3 is 20.7 Å². The van der Waals surface area contributed by atoms with Crippen molar-refractivity contribution in [3.63, 3.8) is 0 Å². The van der Waals surface area contributed by atoms with Gasteiger partial charge in [-0.3, -0.25) is 9.59 Å². The molecule has 4 rings (SSSR count). The molecule has 42 heavy (non-hydrogen) atoms. The largest absolute Gasteiger partial charge is 0.480 e. The average molecular weight is 613 g/mol. The van der Waals surface area contributed by atoms with Crippen molar-refractivity contribution in [3.05, 3.63) is 35.8 Å². The van der Waals surface area contributed by atoms with Gasteiger partial charge in [0.2, 0.25) is 17.2 Å². The maximum atomic E-state index is 13.7. The second-order valence-electron chi connectivity index (χ2n) is 9.46. The van der Waals surface area contributed by atoms with Crippen molar-refractivity contribution in [2.24, 2.45) is 5.41 Å². The van der Waals surface area contributed by atoms with Crippen LogP contribution in [-0.4, -0.2) is 74.9 Å². The van der Waals surface area contributed by atoms with Crippen molar-refractivity contribution >= 4 is 23.1 Å². The number of methoxy groups -OCH3 is 1. The van der Waals surface area contributed by atoms with Crippen molar-refractivity contribution in [3.8, 4) is 17.1 Å². The Balaban J connectivity index is 1.62.